The Morgan fingerprint density at radius 1 is 0.311 bits per heavy atom. The molecule has 0 saturated carbocycles. The minimum atomic E-state index is -0.156. The van der Waals surface area contributed by atoms with Gasteiger partial charge in [0, 0.05) is 5.41 Å². The molecule has 13 rings (SSSR count). The highest BCUT2D eigenvalue weighted by molar-refractivity contribution is 6.27. The topological polar surface area (TPSA) is 0 Å². The first-order valence-electron chi connectivity index (χ1n) is 22.2. The molecule has 0 heterocycles. The molecule has 0 nitrogen and oxygen atoms in total. The molecule has 61 heavy (non-hydrogen) atoms. The molecular formula is C61H48. The average Bonchev–Trinajstić information content (AvgIpc) is 3.82. The molecular weight excluding hydrogens is 733 g/mol. The van der Waals surface area contributed by atoms with Crippen LogP contribution in [0.25, 0.3) is 121 Å². The highest BCUT2D eigenvalue weighted by Crippen LogP contribution is 2.57. The van der Waals surface area contributed by atoms with Crippen molar-refractivity contribution in [3.8, 4) is 66.8 Å². The SMILES string of the molecule is CC(C)(C)c1ccc2c(c1)C(C)(C)c1cc(C(C)(C)C)cc(-c3cc4c5cc6c(cc5ccc4c4cc5c(cc34)-c3cccc4cccc-5c34)-c3cccc4cccc-6c34)c1-2. The summed E-state index contributed by atoms with van der Waals surface area (Å²) in [6.45, 7) is 19.1. The molecule has 0 fully saturated rings. The third-order valence-electron chi connectivity index (χ3n) is 15.0. The van der Waals surface area contributed by atoms with Crippen LogP contribution in [-0.4, -0.2) is 0 Å². The molecule has 0 saturated heterocycles. The summed E-state index contributed by atoms with van der Waals surface area (Å²) in [6, 6.07) is 57.2. The first kappa shape index (κ1) is 35.3. The van der Waals surface area contributed by atoms with Crippen LogP contribution in [0.1, 0.15) is 77.6 Å². The van der Waals surface area contributed by atoms with E-state index in [1.165, 1.54) is 143 Å². The van der Waals surface area contributed by atoms with Crippen molar-refractivity contribution in [1.82, 2.24) is 0 Å². The van der Waals surface area contributed by atoms with Crippen molar-refractivity contribution < 1.29 is 0 Å². The first-order chi connectivity index (χ1) is 29.3. The van der Waals surface area contributed by atoms with Gasteiger partial charge in [0.15, 0.2) is 0 Å². The molecule has 0 aliphatic heterocycles. The molecule has 0 amide bonds. The summed E-state index contributed by atoms with van der Waals surface area (Å²) in [5, 5.41) is 13.2. The Hall–Kier alpha value is -6.50. The van der Waals surface area contributed by atoms with E-state index in [-0.39, 0.29) is 16.2 Å². The second kappa shape index (κ2) is 11.4. The van der Waals surface area contributed by atoms with Crippen LogP contribution in [0.5, 0.6) is 0 Å². The molecule has 0 unspecified atom stereocenters. The summed E-state index contributed by atoms with van der Waals surface area (Å²) in [6.07, 6.45) is 0. The van der Waals surface area contributed by atoms with Crippen molar-refractivity contribution >= 4 is 53.9 Å². The lowest BCUT2D eigenvalue weighted by Gasteiger charge is -2.28. The minimum Gasteiger partial charge on any atom is -0.0610 e. The predicted octanol–water partition coefficient (Wildman–Crippen LogP) is 17.3. The quantitative estimate of drug-likeness (QED) is 0.146. The van der Waals surface area contributed by atoms with Gasteiger partial charge in [0.2, 0.25) is 0 Å². The summed E-state index contributed by atoms with van der Waals surface area (Å²) < 4.78 is 0. The van der Waals surface area contributed by atoms with Gasteiger partial charge < -0.3 is 0 Å². The van der Waals surface area contributed by atoms with Gasteiger partial charge in [0.25, 0.3) is 0 Å². The Bertz CT molecular complexity index is 3660. The van der Waals surface area contributed by atoms with Crippen molar-refractivity contribution in [2.24, 2.45) is 0 Å². The molecule has 10 aromatic rings. The number of rotatable bonds is 1. The fourth-order valence-electron chi connectivity index (χ4n) is 11.7. The Morgan fingerprint density at radius 2 is 0.803 bits per heavy atom. The molecule has 3 aliphatic carbocycles. The van der Waals surface area contributed by atoms with E-state index in [1.807, 2.05) is 0 Å². The van der Waals surface area contributed by atoms with Crippen molar-refractivity contribution in [3.05, 3.63) is 168 Å². The number of benzene rings is 10. The van der Waals surface area contributed by atoms with Gasteiger partial charge in [-0.1, -0.05) is 165 Å². The standard InChI is InChI=1S/C61H48/c1-59(2,3)36-22-24-43-54(27-36)61(7,8)55-28-37(60(4,5)6)26-53(58(43)55)52-30-46-38(47-31-49-41-19-11-15-34-16-12-20-42(57(34)41)50(49)32-51(47)52)23-21-35-25-45-39-17-9-13-33-14-10-18-40(56(33)39)48(45)29-44(35)46/h9-32H,1-8H3. The zero-order valence-corrected chi connectivity index (χ0v) is 36.4. The highest BCUT2D eigenvalue weighted by atomic mass is 14.4. The van der Waals surface area contributed by atoms with E-state index in [9.17, 15) is 0 Å². The van der Waals surface area contributed by atoms with Gasteiger partial charge in [-0.3, -0.25) is 0 Å². The van der Waals surface area contributed by atoms with Gasteiger partial charge in [-0.15, -0.1) is 0 Å². The third-order valence-corrected chi connectivity index (χ3v) is 15.0. The predicted molar refractivity (Wildman–Crippen MR) is 263 cm³/mol. The minimum absolute atomic E-state index is 0.0420. The van der Waals surface area contributed by atoms with Gasteiger partial charge in [-0.2, -0.15) is 0 Å². The summed E-state index contributed by atoms with van der Waals surface area (Å²) in [5.41, 5.74) is 21.6. The van der Waals surface area contributed by atoms with Crippen molar-refractivity contribution in [2.75, 3.05) is 0 Å². The molecule has 3 aliphatic rings. The molecule has 10 aromatic carbocycles. The van der Waals surface area contributed by atoms with Gasteiger partial charge in [-0.05, 0) is 190 Å². The summed E-state index contributed by atoms with van der Waals surface area (Å²) in [7, 11) is 0. The van der Waals surface area contributed by atoms with Gasteiger partial charge in [-0.25, -0.2) is 0 Å². The Balaban J connectivity index is 1.19. The van der Waals surface area contributed by atoms with E-state index in [1.54, 1.807) is 0 Å². The number of hydrogen-bond acceptors (Lipinski definition) is 0. The molecule has 292 valence electrons. The third kappa shape index (κ3) is 4.61. The second-order valence-corrected chi connectivity index (χ2v) is 20.9. The lowest BCUT2D eigenvalue weighted by molar-refractivity contribution is 0.580. The molecule has 0 N–H and O–H groups in total. The summed E-state index contributed by atoms with van der Waals surface area (Å²) in [4.78, 5) is 0. The van der Waals surface area contributed by atoms with Crippen LogP contribution in [-0.2, 0) is 16.2 Å². The van der Waals surface area contributed by atoms with Crippen LogP contribution in [0.4, 0.5) is 0 Å². The second-order valence-electron chi connectivity index (χ2n) is 20.9. The van der Waals surface area contributed by atoms with Crippen LogP contribution in [0, 0.1) is 0 Å². The van der Waals surface area contributed by atoms with Gasteiger partial charge in [0.05, 0.1) is 0 Å². The average molecular weight is 781 g/mol. The van der Waals surface area contributed by atoms with Crippen LogP contribution >= 0.6 is 0 Å². The van der Waals surface area contributed by atoms with Crippen LogP contribution in [0.15, 0.2) is 146 Å². The zero-order chi connectivity index (χ0) is 41.5. The van der Waals surface area contributed by atoms with Crippen molar-refractivity contribution in [3.63, 3.8) is 0 Å². The Kier molecular flexibility index (Phi) is 6.62. The lowest BCUT2D eigenvalue weighted by Crippen LogP contribution is -2.19. The summed E-state index contributed by atoms with van der Waals surface area (Å²) >= 11 is 0. The largest absolute Gasteiger partial charge is 0.0610 e. The van der Waals surface area contributed by atoms with E-state index in [0.29, 0.717) is 0 Å². The molecule has 0 aromatic heterocycles. The maximum absolute atomic E-state index is 2.58. The highest BCUT2D eigenvalue weighted by Gasteiger charge is 2.39. The smallest absolute Gasteiger partial charge is 0.0159 e. The van der Waals surface area contributed by atoms with E-state index >= 15 is 0 Å². The maximum Gasteiger partial charge on any atom is 0.0159 e. The first-order valence-corrected chi connectivity index (χ1v) is 22.2. The van der Waals surface area contributed by atoms with Gasteiger partial charge >= 0.3 is 0 Å². The zero-order valence-electron chi connectivity index (χ0n) is 36.4. The number of hydrogen-bond donors (Lipinski definition) is 0. The van der Waals surface area contributed by atoms with Crippen LogP contribution in [0.2, 0.25) is 0 Å². The molecule has 0 heteroatoms. The van der Waals surface area contributed by atoms with Crippen LogP contribution < -0.4 is 0 Å². The number of fused-ring (bicyclic) bond motifs is 14. The normalized spacial score (nSPS) is 14.4. The fraction of sp³-hybridized carbons (Fsp3) is 0.180. The monoisotopic (exact) mass is 780 g/mol. The lowest BCUT2D eigenvalue weighted by atomic mass is 9.76. The molecule has 0 atom stereocenters. The Morgan fingerprint density at radius 3 is 1.38 bits per heavy atom. The molecule has 0 radical (unpaired) electrons. The molecule has 0 bridgehead atoms. The fourth-order valence-corrected chi connectivity index (χ4v) is 11.7. The molecule has 0 spiro atoms. The van der Waals surface area contributed by atoms with E-state index in [4.69, 9.17) is 0 Å². The Labute approximate surface area is 358 Å². The van der Waals surface area contributed by atoms with Crippen LogP contribution in [0.3, 0.4) is 0 Å². The maximum atomic E-state index is 2.58. The van der Waals surface area contributed by atoms with Gasteiger partial charge in [0.1, 0.15) is 0 Å². The summed E-state index contributed by atoms with van der Waals surface area (Å²) in [5.74, 6) is 0. The van der Waals surface area contributed by atoms with E-state index in [0.717, 1.165) is 0 Å². The van der Waals surface area contributed by atoms with Crippen molar-refractivity contribution in [2.45, 2.75) is 71.6 Å². The van der Waals surface area contributed by atoms with E-state index in [2.05, 4.69) is 201 Å². The van der Waals surface area contributed by atoms with E-state index < -0.39 is 0 Å². The van der Waals surface area contributed by atoms with Crippen molar-refractivity contribution in [1.29, 1.82) is 0 Å².